The summed E-state index contributed by atoms with van der Waals surface area (Å²) in [6.07, 6.45) is 3.70. The van der Waals surface area contributed by atoms with Crippen LogP contribution in [0, 0.1) is 6.92 Å². The lowest BCUT2D eigenvalue weighted by Gasteiger charge is -2.19. The van der Waals surface area contributed by atoms with Crippen molar-refractivity contribution in [3.8, 4) is 28.7 Å². The number of imidazole rings is 1. The number of rotatable bonds is 2. The van der Waals surface area contributed by atoms with E-state index in [1.807, 2.05) is 54.1 Å². The Bertz CT molecular complexity index is 826. The molecule has 0 amide bonds. The molecule has 0 radical (unpaired) electrons. The summed E-state index contributed by atoms with van der Waals surface area (Å²) >= 11 is 0. The first-order chi connectivity index (χ1) is 10.8. The number of aromatic nitrogens is 3. The van der Waals surface area contributed by atoms with Crippen molar-refractivity contribution in [3.63, 3.8) is 0 Å². The molecule has 110 valence electrons. The van der Waals surface area contributed by atoms with E-state index in [0.29, 0.717) is 13.2 Å². The maximum Gasteiger partial charge on any atom is 0.163 e. The molecule has 5 nitrogen and oxygen atoms in total. The third-order valence-corrected chi connectivity index (χ3v) is 3.56. The molecule has 4 rings (SSSR count). The van der Waals surface area contributed by atoms with E-state index in [-0.39, 0.29) is 0 Å². The van der Waals surface area contributed by atoms with Gasteiger partial charge in [0.25, 0.3) is 0 Å². The average molecular weight is 293 g/mol. The SMILES string of the molecule is Cc1cccc(-c2nccn2-c2ccc3c(c2)OCCO3)n1. The fourth-order valence-electron chi connectivity index (χ4n) is 2.55. The van der Waals surface area contributed by atoms with E-state index in [9.17, 15) is 0 Å². The van der Waals surface area contributed by atoms with Crippen molar-refractivity contribution in [2.75, 3.05) is 13.2 Å². The molecule has 3 aromatic rings. The third-order valence-electron chi connectivity index (χ3n) is 3.56. The molecule has 0 atom stereocenters. The van der Waals surface area contributed by atoms with Gasteiger partial charge in [-0.3, -0.25) is 4.57 Å². The first-order valence-electron chi connectivity index (χ1n) is 7.19. The summed E-state index contributed by atoms with van der Waals surface area (Å²) in [5.41, 5.74) is 2.79. The number of pyridine rings is 1. The summed E-state index contributed by atoms with van der Waals surface area (Å²) < 4.78 is 13.2. The molecule has 5 heteroatoms. The Morgan fingerprint density at radius 3 is 2.77 bits per heavy atom. The third kappa shape index (κ3) is 2.20. The van der Waals surface area contributed by atoms with Gasteiger partial charge in [0, 0.05) is 24.2 Å². The normalized spacial score (nSPS) is 13.1. The smallest absolute Gasteiger partial charge is 0.163 e. The molecule has 0 saturated carbocycles. The van der Waals surface area contributed by atoms with E-state index in [1.54, 1.807) is 6.20 Å². The Balaban J connectivity index is 1.80. The van der Waals surface area contributed by atoms with Gasteiger partial charge in [-0.2, -0.15) is 0 Å². The number of ether oxygens (including phenoxy) is 2. The maximum atomic E-state index is 5.65. The molecular formula is C17H15N3O2. The molecule has 0 aliphatic carbocycles. The number of aryl methyl sites for hydroxylation is 1. The Hall–Kier alpha value is -2.82. The van der Waals surface area contributed by atoms with Crippen LogP contribution < -0.4 is 9.47 Å². The molecule has 0 spiro atoms. The molecule has 1 aromatic carbocycles. The predicted molar refractivity (Wildman–Crippen MR) is 82.5 cm³/mol. The van der Waals surface area contributed by atoms with Gasteiger partial charge in [0.15, 0.2) is 17.3 Å². The van der Waals surface area contributed by atoms with Crippen LogP contribution in [0.3, 0.4) is 0 Å². The second-order valence-corrected chi connectivity index (χ2v) is 5.11. The van der Waals surface area contributed by atoms with E-state index in [1.165, 1.54) is 0 Å². The molecule has 2 aromatic heterocycles. The highest BCUT2D eigenvalue weighted by Crippen LogP contribution is 2.33. The van der Waals surface area contributed by atoms with Crippen molar-refractivity contribution in [2.24, 2.45) is 0 Å². The fourth-order valence-corrected chi connectivity index (χ4v) is 2.55. The van der Waals surface area contributed by atoms with E-state index < -0.39 is 0 Å². The van der Waals surface area contributed by atoms with E-state index in [0.717, 1.165) is 34.4 Å². The molecule has 0 unspecified atom stereocenters. The molecular weight excluding hydrogens is 278 g/mol. The van der Waals surface area contributed by atoms with Crippen LogP contribution >= 0.6 is 0 Å². The second-order valence-electron chi connectivity index (χ2n) is 5.11. The van der Waals surface area contributed by atoms with Crippen LogP contribution in [0.15, 0.2) is 48.8 Å². The highest BCUT2D eigenvalue weighted by atomic mass is 16.6. The lowest BCUT2D eigenvalue weighted by atomic mass is 10.2. The first kappa shape index (κ1) is 12.9. The van der Waals surface area contributed by atoms with E-state index >= 15 is 0 Å². The van der Waals surface area contributed by atoms with Crippen LogP contribution in [0.25, 0.3) is 17.2 Å². The van der Waals surface area contributed by atoms with Crippen LogP contribution in [0.2, 0.25) is 0 Å². The summed E-state index contributed by atoms with van der Waals surface area (Å²) in [6.45, 7) is 3.14. The van der Waals surface area contributed by atoms with Gasteiger partial charge in [-0.1, -0.05) is 6.07 Å². The molecule has 1 aliphatic rings. The average Bonchev–Trinajstić information content (AvgIpc) is 3.04. The van der Waals surface area contributed by atoms with Gasteiger partial charge in [-0.05, 0) is 31.2 Å². The van der Waals surface area contributed by atoms with Crippen LogP contribution in [0.1, 0.15) is 5.69 Å². The Morgan fingerprint density at radius 2 is 1.91 bits per heavy atom. The predicted octanol–water partition coefficient (Wildman–Crippen LogP) is 3.01. The van der Waals surface area contributed by atoms with Gasteiger partial charge >= 0.3 is 0 Å². The minimum atomic E-state index is 0.576. The summed E-state index contributed by atoms with van der Waals surface area (Å²) in [5, 5.41) is 0. The maximum absolute atomic E-state index is 5.65. The fraction of sp³-hybridized carbons (Fsp3) is 0.176. The molecule has 0 N–H and O–H groups in total. The van der Waals surface area contributed by atoms with Crippen LogP contribution in [-0.2, 0) is 0 Å². The zero-order valence-corrected chi connectivity index (χ0v) is 12.2. The molecule has 22 heavy (non-hydrogen) atoms. The number of hydrogen-bond acceptors (Lipinski definition) is 4. The summed E-state index contributed by atoms with van der Waals surface area (Å²) in [4.78, 5) is 8.99. The van der Waals surface area contributed by atoms with Gasteiger partial charge in [0.1, 0.15) is 18.9 Å². The van der Waals surface area contributed by atoms with E-state index in [4.69, 9.17) is 9.47 Å². The number of fused-ring (bicyclic) bond motifs is 1. The van der Waals surface area contributed by atoms with Crippen molar-refractivity contribution >= 4 is 0 Å². The van der Waals surface area contributed by atoms with Gasteiger partial charge in [-0.25, -0.2) is 9.97 Å². The van der Waals surface area contributed by atoms with Gasteiger partial charge in [0.2, 0.25) is 0 Å². The lowest BCUT2D eigenvalue weighted by Crippen LogP contribution is -2.15. The zero-order valence-electron chi connectivity index (χ0n) is 12.2. The van der Waals surface area contributed by atoms with Crippen molar-refractivity contribution in [2.45, 2.75) is 6.92 Å². The van der Waals surface area contributed by atoms with Crippen molar-refractivity contribution < 1.29 is 9.47 Å². The number of benzene rings is 1. The molecule has 1 aliphatic heterocycles. The zero-order chi connectivity index (χ0) is 14.9. The molecule has 0 bridgehead atoms. The summed E-state index contributed by atoms with van der Waals surface area (Å²) in [6, 6.07) is 11.8. The van der Waals surface area contributed by atoms with Crippen molar-refractivity contribution in [1.29, 1.82) is 0 Å². The second kappa shape index (κ2) is 5.18. The topological polar surface area (TPSA) is 49.2 Å². The Kier molecular flexibility index (Phi) is 3.04. The van der Waals surface area contributed by atoms with Gasteiger partial charge < -0.3 is 9.47 Å². The monoisotopic (exact) mass is 293 g/mol. The van der Waals surface area contributed by atoms with Gasteiger partial charge in [0.05, 0.1) is 5.69 Å². The van der Waals surface area contributed by atoms with Crippen LogP contribution in [0.4, 0.5) is 0 Å². The van der Waals surface area contributed by atoms with Crippen molar-refractivity contribution in [1.82, 2.24) is 14.5 Å². The standard InChI is InChI=1S/C17H15N3O2/c1-12-3-2-4-14(19-12)17-18-7-8-20(17)13-5-6-15-16(11-13)22-10-9-21-15/h2-8,11H,9-10H2,1H3. The molecule has 0 saturated heterocycles. The van der Waals surface area contributed by atoms with Gasteiger partial charge in [-0.15, -0.1) is 0 Å². The number of nitrogens with zero attached hydrogens (tertiary/aromatic N) is 3. The summed E-state index contributed by atoms with van der Waals surface area (Å²) in [7, 11) is 0. The quantitative estimate of drug-likeness (QED) is 0.729. The Morgan fingerprint density at radius 1 is 1.05 bits per heavy atom. The minimum absolute atomic E-state index is 0.576. The highest BCUT2D eigenvalue weighted by molar-refractivity contribution is 5.57. The van der Waals surface area contributed by atoms with Crippen molar-refractivity contribution in [3.05, 3.63) is 54.5 Å². The number of hydrogen-bond donors (Lipinski definition) is 0. The summed E-state index contributed by atoms with van der Waals surface area (Å²) in [5.74, 6) is 2.35. The lowest BCUT2D eigenvalue weighted by molar-refractivity contribution is 0.171. The van der Waals surface area contributed by atoms with Crippen LogP contribution in [0.5, 0.6) is 11.5 Å². The van der Waals surface area contributed by atoms with E-state index in [2.05, 4.69) is 9.97 Å². The minimum Gasteiger partial charge on any atom is -0.486 e. The highest BCUT2D eigenvalue weighted by Gasteiger charge is 2.15. The van der Waals surface area contributed by atoms with Crippen LogP contribution in [-0.4, -0.2) is 27.7 Å². The molecule has 0 fully saturated rings. The molecule has 3 heterocycles. The largest absolute Gasteiger partial charge is 0.486 e. The first-order valence-corrected chi connectivity index (χ1v) is 7.19. The Labute approximate surface area is 128 Å².